The fourth-order valence-electron chi connectivity index (χ4n) is 2.92. The molecule has 1 saturated carbocycles. The fourth-order valence-corrected chi connectivity index (χ4v) is 4.40. The van der Waals surface area contributed by atoms with Gasteiger partial charge in [0.1, 0.15) is 11.9 Å². The minimum absolute atomic E-state index is 0.0644. The lowest BCUT2D eigenvalue weighted by Crippen LogP contribution is -2.45. The lowest BCUT2D eigenvalue weighted by Gasteiger charge is -2.34. The van der Waals surface area contributed by atoms with Crippen LogP contribution in [0, 0.1) is 29.0 Å². The van der Waals surface area contributed by atoms with Gasteiger partial charge in [-0.05, 0) is 42.9 Å². The van der Waals surface area contributed by atoms with E-state index in [9.17, 15) is 12.8 Å². The molecule has 0 heterocycles. The molecule has 6 heteroatoms. The van der Waals surface area contributed by atoms with Gasteiger partial charge in [0.25, 0.3) is 0 Å². The van der Waals surface area contributed by atoms with Crippen LogP contribution in [0.3, 0.4) is 0 Å². The normalized spacial score (nSPS) is 23.7. The van der Waals surface area contributed by atoms with Crippen molar-refractivity contribution in [1.82, 2.24) is 4.72 Å². The van der Waals surface area contributed by atoms with Gasteiger partial charge < -0.3 is 0 Å². The van der Waals surface area contributed by atoms with Crippen molar-refractivity contribution >= 4 is 10.0 Å². The van der Waals surface area contributed by atoms with Crippen molar-refractivity contribution in [2.24, 2.45) is 11.8 Å². The van der Waals surface area contributed by atoms with Gasteiger partial charge in [0.15, 0.2) is 0 Å². The number of nitriles is 1. The first-order valence-electron chi connectivity index (χ1n) is 7.07. The summed E-state index contributed by atoms with van der Waals surface area (Å²) in [6.07, 6.45) is 3.09. The molecule has 1 aromatic carbocycles. The summed E-state index contributed by atoms with van der Waals surface area (Å²) in [7, 11) is -3.74. The Morgan fingerprint density at radius 3 is 2.48 bits per heavy atom. The van der Waals surface area contributed by atoms with Gasteiger partial charge in [0, 0.05) is 6.04 Å². The summed E-state index contributed by atoms with van der Waals surface area (Å²) in [5, 5.41) is 8.81. The molecule has 2 atom stereocenters. The average Bonchev–Trinajstić information content (AvgIpc) is 2.43. The number of sulfonamides is 1. The summed E-state index contributed by atoms with van der Waals surface area (Å²) in [6, 6.07) is 4.82. The highest BCUT2D eigenvalue weighted by atomic mass is 32.2. The van der Waals surface area contributed by atoms with Crippen LogP contribution < -0.4 is 4.72 Å². The molecule has 0 amide bonds. The van der Waals surface area contributed by atoms with E-state index in [0.29, 0.717) is 0 Å². The summed E-state index contributed by atoms with van der Waals surface area (Å²) in [4.78, 5) is -0.0644. The molecule has 1 fully saturated rings. The van der Waals surface area contributed by atoms with Crippen LogP contribution in [0.15, 0.2) is 23.1 Å². The van der Waals surface area contributed by atoms with E-state index in [1.807, 2.05) is 13.8 Å². The molecule has 1 aliphatic carbocycles. The summed E-state index contributed by atoms with van der Waals surface area (Å²) < 4.78 is 40.9. The highest BCUT2D eigenvalue weighted by molar-refractivity contribution is 7.89. The predicted octanol–water partition coefficient (Wildman–Crippen LogP) is 2.80. The number of nitrogens with zero attached hydrogens (tertiary/aromatic N) is 1. The number of halogens is 1. The van der Waals surface area contributed by atoms with Crippen molar-refractivity contribution in [1.29, 1.82) is 5.26 Å². The molecule has 0 aliphatic heterocycles. The third-order valence-corrected chi connectivity index (χ3v) is 5.66. The number of hydrogen-bond donors (Lipinski definition) is 1. The number of nitrogens with one attached hydrogen (secondary N) is 1. The molecule has 0 radical (unpaired) electrons. The molecule has 0 saturated heterocycles. The topological polar surface area (TPSA) is 70.0 Å². The molecule has 0 aromatic heterocycles. The Hall–Kier alpha value is -1.45. The number of benzene rings is 1. The van der Waals surface area contributed by atoms with E-state index in [1.54, 1.807) is 6.07 Å². The van der Waals surface area contributed by atoms with Crippen LogP contribution in [0.25, 0.3) is 0 Å². The maximum Gasteiger partial charge on any atom is 0.240 e. The van der Waals surface area contributed by atoms with Crippen molar-refractivity contribution in [3.63, 3.8) is 0 Å². The van der Waals surface area contributed by atoms with Crippen LogP contribution in [-0.2, 0) is 10.0 Å². The molecule has 21 heavy (non-hydrogen) atoms. The van der Waals surface area contributed by atoms with E-state index < -0.39 is 15.8 Å². The van der Waals surface area contributed by atoms with E-state index in [2.05, 4.69) is 4.72 Å². The fraction of sp³-hybridized carbons (Fsp3) is 0.533. The molecule has 114 valence electrons. The van der Waals surface area contributed by atoms with Gasteiger partial charge in [-0.3, -0.25) is 0 Å². The van der Waals surface area contributed by atoms with Crippen molar-refractivity contribution in [2.45, 2.75) is 44.0 Å². The second-order valence-electron chi connectivity index (χ2n) is 5.79. The van der Waals surface area contributed by atoms with Gasteiger partial charge in [0.05, 0.1) is 10.5 Å². The average molecular weight is 310 g/mol. The van der Waals surface area contributed by atoms with E-state index in [4.69, 9.17) is 5.26 Å². The Balaban J connectivity index is 2.28. The number of rotatable bonds is 3. The predicted molar refractivity (Wildman–Crippen MR) is 77.4 cm³/mol. The summed E-state index contributed by atoms with van der Waals surface area (Å²) in [5.74, 6) is -0.185. The van der Waals surface area contributed by atoms with Gasteiger partial charge in [-0.15, -0.1) is 0 Å². The number of hydrogen-bond acceptors (Lipinski definition) is 3. The van der Waals surface area contributed by atoms with E-state index in [0.717, 1.165) is 31.4 Å². The van der Waals surface area contributed by atoms with Gasteiger partial charge in [0.2, 0.25) is 10.0 Å². The summed E-state index contributed by atoms with van der Waals surface area (Å²) in [6.45, 7) is 4.07. The largest absolute Gasteiger partial charge is 0.240 e. The molecular weight excluding hydrogens is 291 g/mol. The first kappa shape index (κ1) is 15.9. The molecule has 0 bridgehead atoms. The molecule has 2 rings (SSSR count). The second-order valence-corrected chi connectivity index (χ2v) is 7.50. The zero-order chi connectivity index (χ0) is 15.6. The molecule has 0 spiro atoms. The monoisotopic (exact) mass is 310 g/mol. The zero-order valence-electron chi connectivity index (χ0n) is 12.1. The molecule has 0 unspecified atom stereocenters. The van der Waals surface area contributed by atoms with Crippen LogP contribution in [0.1, 0.15) is 38.7 Å². The Labute approximate surface area is 125 Å². The lowest BCUT2D eigenvalue weighted by molar-refractivity contribution is 0.234. The van der Waals surface area contributed by atoms with Crippen molar-refractivity contribution in [3.8, 4) is 6.07 Å². The Morgan fingerprint density at radius 2 is 1.90 bits per heavy atom. The minimum Gasteiger partial charge on any atom is -0.208 e. The van der Waals surface area contributed by atoms with Gasteiger partial charge in [-0.1, -0.05) is 20.3 Å². The van der Waals surface area contributed by atoms with E-state index in [-0.39, 0.29) is 28.3 Å². The van der Waals surface area contributed by atoms with E-state index >= 15 is 0 Å². The van der Waals surface area contributed by atoms with Gasteiger partial charge >= 0.3 is 0 Å². The molecule has 1 aromatic rings. The van der Waals surface area contributed by atoms with Crippen molar-refractivity contribution < 1.29 is 12.8 Å². The SMILES string of the molecule is C[C@@H]1CCC[C@@H](C)C1NS(=O)(=O)c1ccc(F)c(C#N)c1. The highest BCUT2D eigenvalue weighted by Gasteiger charge is 2.31. The van der Waals surface area contributed by atoms with Crippen LogP contribution in [0.5, 0.6) is 0 Å². The van der Waals surface area contributed by atoms with Crippen LogP contribution in [0.2, 0.25) is 0 Å². The third-order valence-electron chi connectivity index (χ3n) is 4.20. The van der Waals surface area contributed by atoms with Crippen LogP contribution in [-0.4, -0.2) is 14.5 Å². The highest BCUT2D eigenvalue weighted by Crippen LogP contribution is 2.30. The first-order valence-corrected chi connectivity index (χ1v) is 8.55. The first-order chi connectivity index (χ1) is 9.85. The van der Waals surface area contributed by atoms with Crippen molar-refractivity contribution in [2.75, 3.05) is 0 Å². The zero-order valence-corrected chi connectivity index (χ0v) is 13.0. The van der Waals surface area contributed by atoms with Gasteiger partial charge in [-0.2, -0.15) is 5.26 Å². The molecule has 4 nitrogen and oxygen atoms in total. The Kier molecular flexibility index (Phi) is 4.64. The lowest BCUT2D eigenvalue weighted by atomic mass is 9.79. The minimum atomic E-state index is -3.74. The van der Waals surface area contributed by atoms with E-state index in [1.165, 1.54) is 6.07 Å². The summed E-state index contributed by atoms with van der Waals surface area (Å²) in [5.41, 5.74) is -0.261. The van der Waals surface area contributed by atoms with Crippen LogP contribution in [0.4, 0.5) is 4.39 Å². The third kappa shape index (κ3) is 3.42. The Morgan fingerprint density at radius 1 is 1.29 bits per heavy atom. The van der Waals surface area contributed by atoms with Gasteiger partial charge in [-0.25, -0.2) is 17.5 Å². The summed E-state index contributed by atoms with van der Waals surface area (Å²) >= 11 is 0. The standard InChI is InChI=1S/C15H19FN2O2S/c1-10-4-3-5-11(2)15(10)18-21(19,20)13-6-7-14(16)12(8-13)9-17/h6-8,10-11,15,18H,3-5H2,1-2H3/t10-,11-/m1/s1. The van der Waals surface area contributed by atoms with Crippen molar-refractivity contribution in [3.05, 3.63) is 29.6 Å². The second kappa shape index (κ2) is 6.12. The maximum atomic E-state index is 13.3. The van der Waals surface area contributed by atoms with Crippen LogP contribution >= 0.6 is 0 Å². The Bertz CT molecular complexity index is 657. The molecular formula is C15H19FN2O2S. The smallest absolute Gasteiger partial charge is 0.208 e. The maximum absolute atomic E-state index is 13.3. The molecule has 1 N–H and O–H groups in total. The quantitative estimate of drug-likeness (QED) is 0.933. The molecule has 1 aliphatic rings.